The van der Waals surface area contributed by atoms with Crippen LogP contribution in [0.5, 0.6) is 0 Å². The SMILES string of the molecule is Br.O=[N+]([O-])c1cccc2cc(P(=O)(Cl)Cl)cnc12. The predicted octanol–water partition coefficient (Wildman–Crippen LogP) is 4.02. The molecule has 0 N–H and O–H groups in total. The van der Waals surface area contributed by atoms with Gasteiger partial charge < -0.3 is 0 Å². The van der Waals surface area contributed by atoms with Gasteiger partial charge in [-0.25, -0.2) is 4.98 Å². The van der Waals surface area contributed by atoms with Crippen LogP contribution in [0.15, 0.2) is 30.5 Å². The quantitative estimate of drug-likeness (QED) is 0.454. The summed E-state index contributed by atoms with van der Waals surface area (Å²) >= 11 is 11.0. The van der Waals surface area contributed by atoms with Gasteiger partial charge in [-0.2, -0.15) is 0 Å². The van der Waals surface area contributed by atoms with Gasteiger partial charge in [0.2, 0.25) is 0 Å². The average Bonchev–Trinajstić information content (AvgIpc) is 2.26. The number of pyridine rings is 1. The summed E-state index contributed by atoms with van der Waals surface area (Å²) in [6.07, 6.45) is 1.19. The highest BCUT2D eigenvalue weighted by molar-refractivity contribution is 8.93. The molecule has 96 valence electrons. The Kier molecular flexibility index (Phi) is 4.72. The third-order valence-corrected chi connectivity index (χ3v) is 4.19. The summed E-state index contributed by atoms with van der Waals surface area (Å²) in [5.41, 5.74) is 0.0936. The molecule has 0 aliphatic carbocycles. The van der Waals surface area contributed by atoms with E-state index in [0.717, 1.165) is 0 Å². The van der Waals surface area contributed by atoms with E-state index in [4.69, 9.17) is 22.5 Å². The Labute approximate surface area is 122 Å². The summed E-state index contributed by atoms with van der Waals surface area (Å²) in [5, 5.41) is 11.4. The van der Waals surface area contributed by atoms with Crippen molar-refractivity contribution in [2.75, 3.05) is 0 Å². The minimum Gasteiger partial charge on any atom is -0.284 e. The van der Waals surface area contributed by atoms with Crippen LogP contribution in [0.25, 0.3) is 10.9 Å². The molecular formula is C9H6BrCl2N2O3P. The molecule has 0 bridgehead atoms. The van der Waals surface area contributed by atoms with Crippen LogP contribution < -0.4 is 5.30 Å². The number of hydrogen-bond donors (Lipinski definition) is 0. The lowest BCUT2D eigenvalue weighted by atomic mass is 10.2. The first-order chi connectivity index (χ1) is 7.89. The molecule has 0 fully saturated rings. The number of nitro groups is 1. The van der Waals surface area contributed by atoms with Crippen molar-refractivity contribution < 1.29 is 9.49 Å². The molecule has 0 aliphatic heterocycles. The molecule has 0 spiro atoms. The molecule has 1 aromatic heterocycles. The first kappa shape index (κ1) is 15.4. The molecule has 18 heavy (non-hydrogen) atoms. The Morgan fingerprint density at radius 2 is 2.00 bits per heavy atom. The average molecular weight is 372 g/mol. The number of hydrogen-bond acceptors (Lipinski definition) is 4. The smallest absolute Gasteiger partial charge is 0.284 e. The van der Waals surface area contributed by atoms with Gasteiger partial charge >= 0.3 is 0 Å². The van der Waals surface area contributed by atoms with Gasteiger partial charge in [0.15, 0.2) is 0 Å². The molecule has 0 unspecified atom stereocenters. The van der Waals surface area contributed by atoms with Crippen LogP contribution in [0.4, 0.5) is 5.69 Å². The maximum atomic E-state index is 11.4. The van der Waals surface area contributed by atoms with Crippen molar-refractivity contribution in [1.29, 1.82) is 0 Å². The lowest BCUT2D eigenvalue weighted by Crippen LogP contribution is -2.00. The van der Waals surface area contributed by atoms with E-state index in [9.17, 15) is 14.7 Å². The second-order valence-corrected chi connectivity index (χ2v) is 8.08. The van der Waals surface area contributed by atoms with Crippen LogP contribution >= 0.6 is 45.3 Å². The summed E-state index contributed by atoms with van der Waals surface area (Å²) < 4.78 is 11.4. The fourth-order valence-corrected chi connectivity index (χ4v) is 2.46. The van der Waals surface area contributed by atoms with E-state index >= 15 is 0 Å². The highest BCUT2D eigenvalue weighted by Gasteiger charge is 2.20. The summed E-state index contributed by atoms with van der Waals surface area (Å²) in [5.74, 6) is -3.45. The maximum absolute atomic E-state index is 11.4. The van der Waals surface area contributed by atoms with E-state index in [1.807, 2.05) is 0 Å². The van der Waals surface area contributed by atoms with Crippen LogP contribution in [0.1, 0.15) is 0 Å². The third kappa shape index (κ3) is 3.01. The van der Waals surface area contributed by atoms with E-state index in [1.165, 1.54) is 24.4 Å². The summed E-state index contributed by atoms with van der Waals surface area (Å²) in [6.45, 7) is 0. The molecule has 1 heterocycles. The second-order valence-electron chi connectivity index (χ2n) is 3.26. The lowest BCUT2D eigenvalue weighted by Gasteiger charge is -2.03. The van der Waals surface area contributed by atoms with Crippen molar-refractivity contribution in [1.82, 2.24) is 4.98 Å². The van der Waals surface area contributed by atoms with Gasteiger partial charge in [-0.1, -0.05) is 12.1 Å². The van der Waals surface area contributed by atoms with Crippen molar-refractivity contribution in [3.63, 3.8) is 0 Å². The molecule has 0 saturated heterocycles. The predicted molar refractivity (Wildman–Crippen MR) is 77.7 cm³/mol. The molecule has 0 atom stereocenters. The van der Waals surface area contributed by atoms with Gasteiger partial charge in [0.05, 0.1) is 10.2 Å². The molecule has 9 heteroatoms. The zero-order valence-corrected chi connectivity index (χ0v) is 12.7. The van der Waals surface area contributed by atoms with Gasteiger partial charge in [0.1, 0.15) is 5.52 Å². The summed E-state index contributed by atoms with van der Waals surface area (Å²) in [7, 11) is 0. The lowest BCUT2D eigenvalue weighted by molar-refractivity contribution is -0.383. The van der Waals surface area contributed by atoms with E-state index in [1.54, 1.807) is 6.07 Å². The fourth-order valence-electron chi connectivity index (χ4n) is 1.42. The zero-order valence-electron chi connectivity index (χ0n) is 8.62. The Morgan fingerprint density at radius 1 is 1.33 bits per heavy atom. The fraction of sp³-hybridized carbons (Fsp3) is 0. The Hall–Kier alpha value is -0.680. The van der Waals surface area contributed by atoms with Gasteiger partial charge in [-0.3, -0.25) is 14.7 Å². The number of halogens is 3. The van der Waals surface area contributed by atoms with Crippen LogP contribution in [0, 0.1) is 10.1 Å². The molecule has 0 saturated carbocycles. The normalized spacial score (nSPS) is 11.0. The van der Waals surface area contributed by atoms with Crippen molar-refractivity contribution in [2.24, 2.45) is 0 Å². The molecule has 2 aromatic rings. The highest BCUT2D eigenvalue weighted by atomic mass is 79.9. The molecule has 5 nitrogen and oxygen atoms in total. The van der Waals surface area contributed by atoms with E-state index < -0.39 is 10.8 Å². The van der Waals surface area contributed by atoms with Crippen molar-refractivity contribution in [3.05, 3.63) is 40.6 Å². The molecular weight excluding hydrogens is 366 g/mol. The number of benzene rings is 1. The van der Waals surface area contributed by atoms with Crippen LogP contribution in [0.3, 0.4) is 0 Å². The number of nitrogens with zero attached hydrogens (tertiary/aromatic N) is 2. The van der Waals surface area contributed by atoms with Gasteiger partial charge in [-0.15, -0.1) is 17.0 Å². The minimum absolute atomic E-state index is 0. The first-order valence-corrected chi connectivity index (χ1v) is 7.94. The van der Waals surface area contributed by atoms with Crippen LogP contribution in [-0.2, 0) is 4.57 Å². The first-order valence-electron chi connectivity index (χ1n) is 4.42. The summed E-state index contributed by atoms with van der Waals surface area (Å²) in [4.78, 5) is 14.1. The largest absolute Gasteiger partial charge is 0.295 e. The molecule has 0 aliphatic rings. The monoisotopic (exact) mass is 370 g/mol. The van der Waals surface area contributed by atoms with Crippen molar-refractivity contribution >= 4 is 67.2 Å². The van der Waals surface area contributed by atoms with E-state index in [0.29, 0.717) is 5.39 Å². The van der Waals surface area contributed by atoms with Gasteiger partial charge in [-0.05, 0) is 28.5 Å². The highest BCUT2D eigenvalue weighted by Crippen LogP contribution is 2.55. The molecule has 0 amide bonds. The van der Waals surface area contributed by atoms with Gasteiger partial charge in [0, 0.05) is 17.6 Å². The van der Waals surface area contributed by atoms with Gasteiger partial charge in [0.25, 0.3) is 11.5 Å². The zero-order chi connectivity index (χ0) is 12.6. The number of rotatable bonds is 2. The maximum Gasteiger partial charge on any atom is 0.295 e. The number of fused-ring (bicyclic) bond motifs is 1. The Morgan fingerprint density at radius 3 is 2.56 bits per heavy atom. The number of nitro benzene ring substituents is 1. The molecule has 0 radical (unpaired) electrons. The second kappa shape index (κ2) is 5.53. The number of non-ortho nitro benzene ring substituents is 1. The van der Waals surface area contributed by atoms with Crippen molar-refractivity contribution in [2.45, 2.75) is 0 Å². The third-order valence-electron chi connectivity index (χ3n) is 2.17. The Bertz CT molecular complexity index is 661. The Balaban J connectivity index is 0.00000162. The standard InChI is InChI=1S/C9H5Cl2N2O3P.BrH/c10-17(11,16)7-4-6-2-1-3-8(13(14)15)9(6)12-5-7;/h1-5H;1H. The van der Waals surface area contributed by atoms with Crippen molar-refractivity contribution in [3.8, 4) is 0 Å². The minimum atomic E-state index is -3.45. The van der Waals surface area contributed by atoms with Crippen LogP contribution in [-0.4, -0.2) is 9.91 Å². The molecule has 2 rings (SSSR count). The molecule has 1 aromatic carbocycles. The summed E-state index contributed by atoms with van der Waals surface area (Å²) in [6, 6.07) is 5.91. The van der Waals surface area contributed by atoms with E-state index in [2.05, 4.69) is 4.98 Å². The number of aromatic nitrogens is 1. The van der Waals surface area contributed by atoms with E-state index in [-0.39, 0.29) is 33.5 Å². The van der Waals surface area contributed by atoms with Crippen LogP contribution in [0.2, 0.25) is 0 Å². The number of para-hydroxylation sites is 1. The topological polar surface area (TPSA) is 73.1 Å².